The summed E-state index contributed by atoms with van der Waals surface area (Å²) in [6, 6.07) is 9.18. The fourth-order valence-corrected chi connectivity index (χ4v) is 3.73. The van der Waals surface area contributed by atoms with E-state index in [1.807, 2.05) is 20.8 Å². The molecule has 2 aromatic rings. The van der Waals surface area contributed by atoms with Crippen molar-refractivity contribution in [2.75, 3.05) is 0 Å². The Morgan fingerprint density at radius 2 is 1.58 bits per heavy atom. The van der Waals surface area contributed by atoms with E-state index in [0.29, 0.717) is 5.02 Å². The lowest BCUT2D eigenvalue weighted by Gasteiger charge is -2.45. The minimum Gasteiger partial charge on any atom is -0.363 e. The topological polar surface area (TPSA) is 78.4 Å². The van der Waals surface area contributed by atoms with Crippen LogP contribution in [0.5, 0.6) is 0 Å². The second-order valence-electron chi connectivity index (χ2n) is 8.56. The van der Waals surface area contributed by atoms with Crippen LogP contribution in [0.25, 0.3) is 0 Å². The van der Waals surface area contributed by atoms with Crippen LogP contribution in [0.4, 0.5) is 18.0 Å². The van der Waals surface area contributed by atoms with Crippen LogP contribution in [0.15, 0.2) is 48.5 Å². The SMILES string of the molecule is CC(C)(C)c1ccc([C@@H]2NC(=O)N[C@](O)(C(F)(F)F)[C@H]2C(=O)c2ccc(Cl)cc2)cc1. The maximum atomic E-state index is 13.9. The van der Waals surface area contributed by atoms with Gasteiger partial charge in [0.25, 0.3) is 0 Å². The predicted octanol–water partition coefficient (Wildman–Crippen LogP) is 4.74. The van der Waals surface area contributed by atoms with Gasteiger partial charge in [0, 0.05) is 10.6 Å². The zero-order chi connectivity index (χ0) is 23.2. The van der Waals surface area contributed by atoms with E-state index < -0.39 is 35.7 Å². The first kappa shape index (κ1) is 23.1. The second-order valence-corrected chi connectivity index (χ2v) is 9.00. The van der Waals surface area contributed by atoms with Crippen molar-refractivity contribution in [2.24, 2.45) is 5.92 Å². The number of hydrogen-bond donors (Lipinski definition) is 3. The molecule has 0 radical (unpaired) electrons. The number of halogens is 4. The molecule has 3 atom stereocenters. The number of alkyl halides is 3. The molecule has 2 amide bonds. The Morgan fingerprint density at radius 1 is 1.03 bits per heavy atom. The van der Waals surface area contributed by atoms with E-state index in [1.54, 1.807) is 24.3 Å². The maximum absolute atomic E-state index is 13.9. The monoisotopic (exact) mass is 454 g/mol. The summed E-state index contributed by atoms with van der Waals surface area (Å²) in [6.07, 6.45) is -5.30. The molecule has 0 spiro atoms. The van der Waals surface area contributed by atoms with Crippen molar-refractivity contribution in [3.8, 4) is 0 Å². The summed E-state index contributed by atoms with van der Waals surface area (Å²) in [5.74, 6) is -3.07. The largest absolute Gasteiger partial charge is 0.437 e. The molecule has 3 rings (SSSR count). The van der Waals surface area contributed by atoms with Crippen LogP contribution in [0.2, 0.25) is 5.02 Å². The number of rotatable bonds is 3. The molecule has 3 N–H and O–H groups in total. The van der Waals surface area contributed by atoms with Crippen molar-refractivity contribution in [1.82, 2.24) is 10.6 Å². The lowest BCUT2D eigenvalue weighted by atomic mass is 9.76. The summed E-state index contributed by atoms with van der Waals surface area (Å²) in [5.41, 5.74) is -2.87. The van der Waals surface area contributed by atoms with Crippen LogP contribution in [-0.4, -0.2) is 28.8 Å². The first-order valence-corrected chi connectivity index (χ1v) is 9.90. The van der Waals surface area contributed by atoms with Crippen molar-refractivity contribution in [2.45, 2.75) is 44.1 Å². The molecule has 1 heterocycles. The number of benzene rings is 2. The number of amides is 2. The molecule has 0 aromatic heterocycles. The average Bonchev–Trinajstić information content (AvgIpc) is 2.66. The minimum absolute atomic E-state index is 0.0775. The number of hydrogen-bond acceptors (Lipinski definition) is 3. The Hall–Kier alpha value is -2.58. The zero-order valence-electron chi connectivity index (χ0n) is 17.0. The number of Topliss-reactive ketones (excluding diaryl/α,β-unsaturated/α-hetero) is 1. The highest BCUT2D eigenvalue weighted by molar-refractivity contribution is 6.30. The van der Waals surface area contributed by atoms with Crippen molar-refractivity contribution in [1.29, 1.82) is 0 Å². The lowest BCUT2D eigenvalue weighted by molar-refractivity contribution is -0.287. The van der Waals surface area contributed by atoms with E-state index in [1.165, 1.54) is 29.6 Å². The molecular weight excluding hydrogens is 433 g/mol. The second kappa shape index (κ2) is 7.84. The van der Waals surface area contributed by atoms with Crippen LogP contribution in [-0.2, 0) is 5.41 Å². The van der Waals surface area contributed by atoms with Gasteiger partial charge in [-0.05, 0) is 40.8 Å². The standard InChI is InChI=1S/C22H22ClF3N2O3/c1-20(2,3)14-8-4-12(5-9-14)17-16(18(29)13-6-10-15(23)11-7-13)21(31,22(24,25)26)28-19(30)27-17/h4-11,16-17,31H,1-3H3,(H2,27,28,30)/t16-,17+,21-/m1/s1. The Bertz CT molecular complexity index is 985. The minimum atomic E-state index is -5.30. The Kier molecular flexibility index (Phi) is 5.84. The first-order chi connectivity index (χ1) is 14.2. The van der Waals surface area contributed by atoms with Gasteiger partial charge in [-0.2, -0.15) is 13.2 Å². The van der Waals surface area contributed by atoms with Gasteiger partial charge in [-0.25, -0.2) is 4.79 Å². The van der Waals surface area contributed by atoms with Crippen LogP contribution in [0, 0.1) is 5.92 Å². The Labute approximate surface area is 182 Å². The van der Waals surface area contributed by atoms with Crippen LogP contribution in [0.1, 0.15) is 48.3 Å². The van der Waals surface area contributed by atoms with E-state index in [9.17, 15) is 27.9 Å². The molecule has 0 unspecified atom stereocenters. The number of urea groups is 1. The quantitative estimate of drug-likeness (QED) is 0.586. The van der Waals surface area contributed by atoms with E-state index in [-0.39, 0.29) is 16.5 Å². The van der Waals surface area contributed by atoms with Gasteiger partial charge in [0.1, 0.15) is 5.92 Å². The first-order valence-electron chi connectivity index (χ1n) is 9.52. The fourth-order valence-electron chi connectivity index (χ4n) is 3.60. The lowest BCUT2D eigenvalue weighted by Crippen LogP contribution is -2.72. The smallest absolute Gasteiger partial charge is 0.363 e. The summed E-state index contributed by atoms with van der Waals surface area (Å²) in [7, 11) is 0. The summed E-state index contributed by atoms with van der Waals surface area (Å²) < 4.78 is 41.8. The van der Waals surface area contributed by atoms with Crippen molar-refractivity contribution in [3.05, 3.63) is 70.2 Å². The predicted molar refractivity (Wildman–Crippen MR) is 110 cm³/mol. The summed E-state index contributed by atoms with van der Waals surface area (Å²) >= 11 is 5.82. The molecule has 2 aromatic carbocycles. The van der Waals surface area contributed by atoms with Gasteiger partial charge in [0.2, 0.25) is 5.72 Å². The van der Waals surface area contributed by atoms with Crippen LogP contribution >= 0.6 is 11.6 Å². The third-order valence-electron chi connectivity index (χ3n) is 5.35. The highest BCUT2D eigenvalue weighted by Crippen LogP contribution is 2.44. The van der Waals surface area contributed by atoms with E-state index >= 15 is 0 Å². The van der Waals surface area contributed by atoms with E-state index in [2.05, 4.69) is 5.32 Å². The van der Waals surface area contributed by atoms with Gasteiger partial charge in [0.05, 0.1) is 6.04 Å². The average molecular weight is 455 g/mol. The van der Waals surface area contributed by atoms with Crippen molar-refractivity contribution >= 4 is 23.4 Å². The normalized spacial score (nSPS) is 24.3. The van der Waals surface area contributed by atoms with Crippen LogP contribution < -0.4 is 10.6 Å². The van der Waals surface area contributed by atoms with Crippen LogP contribution in [0.3, 0.4) is 0 Å². The molecule has 0 bridgehead atoms. The van der Waals surface area contributed by atoms with Gasteiger partial charge in [-0.3, -0.25) is 4.79 Å². The highest BCUT2D eigenvalue weighted by atomic mass is 35.5. The van der Waals surface area contributed by atoms with Gasteiger partial charge in [-0.15, -0.1) is 0 Å². The molecule has 31 heavy (non-hydrogen) atoms. The third-order valence-corrected chi connectivity index (χ3v) is 5.61. The number of aliphatic hydroxyl groups is 1. The molecule has 0 aliphatic carbocycles. The maximum Gasteiger partial charge on any atom is 0.437 e. The molecular formula is C22H22ClF3N2O3. The molecule has 0 saturated carbocycles. The molecule has 1 aliphatic rings. The molecule has 1 saturated heterocycles. The summed E-state index contributed by atoms with van der Waals surface area (Å²) in [6.45, 7) is 5.93. The number of carbonyl (C=O) groups excluding carboxylic acids is 2. The summed E-state index contributed by atoms with van der Waals surface area (Å²) in [4.78, 5) is 25.3. The highest BCUT2D eigenvalue weighted by Gasteiger charge is 2.66. The van der Waals surface area contributed by atoms with Gasteiger partial charge in [0.15, 0.2) is 5.78 Å². The number of carbonyl (C=O) groups is 2. The van der Waals surface area contributed by atoms with Gasteiger partial charge in [-0.1, -0.05) is 56.6 Å². The molecule has 5 nitrogen and oxygen atoms in total. The van der Waals surface area contributed by atoms with E-state index in [0.717, 1.165) is 5.56 Å². The molecule has 1 fully saturated rings. The molecule has 9 heteroatoms. The van der Waals surface area contributed by atoms with Gasteiger partial charge >= 0.3 is 12.2 Å². The fraction of sp³-hybridized carbons (Fsp3) is 0.364. The van der Waals surface area contributed by atoms with E-state index in [4.69, 9.17) is 11.6 Å². The Morgan fingerprint density at radius 3 is 2.06 bits per heavy atom. The molecule has 166 valence electrons. The van der Waals surface area contributed by atoms with Crippen molar-refractivity contribution in [3.63, 3.8) is 0 Å². The summed E-state index contributed by atoms with van der Waals surface area (Å²) in [5, 5.41) is 14.8. The third kappa shape index (κ3) is 4.41. The zero-order valence-corrected chi connectivity index (χ0v) is 17.8. The van der Waals surface area contributed by atoms with Crippen molar-refractivity contribution < 1.29 is 27.9 Å². The number of ketones is 1. The Balaban J connectivity index is 2.13. The number of nitrogens with one attached hydrogen (secondary N) is 2. The van der Waals surface area contributed by atoms with Gasteiger partial charge < -0.3 is 15.7 Å². The molecule has 1 aliphatic heterocycles.